The Bertz CT molecular complexity index is 979. The standard InChI is InChI=1S/C21H24FN5O2/c22-17-3-1-16(2-4-17)15-27-6-5-18-19(27)20(25-7-11-28-12-8-25)24-21(23-18)26-9-13-29-14-10-26/h1-6H,7-15H2. The van der Waals surface area contributed by atoms with Gasteiger partial charge >= 0.3 is 0 Å². The molecule has 7 nitrogen and oxygen atoms in total. The van der Waals surface area contributed by atoms with Gasteiger partial charge in [0.2, 0.25) is 5.95 Å². The van der Waals surface area contributed by atoms with E-state index in [4.69, 9.17) is 19.4 Å². The molecule has 8 heteroatoms. The Morgan fingerprint density at radius 2 is 1.48 bits per heavy atom. The number of morpholine rings is 2. The average molecular weight is 397 g/mol. The first kappa shape index (κ1) is 18.3. The van der Waals surface area contributed by atoms with Gasteiger partial charge in [-0.3, -0.25) is 0 Å². The molecule has 2 saturated heterocycles. The Kier molecular flexibility index (Phi) is 5.03. The van der Waals surface area contributed by atoms with Gasteiger partial charge < -0.3 is 23.8 Å². The highest BCUT2D eigenvalue weighted by molar-refractivity contribution is 5.88. The van der Waals surface area contributed by atoms with Crippen LogP contribution in [0.2, 0.25) is 0 Å². The van der Waals surface area contributed by atoms with Crippen LogP contribution in [0.25, 0.3) is 11.0 Å². The van der Waals surface area contributed by atoms with Crippen molar-refractivity contribution in [1.82, 2.24) is 14.5 Å². The molecule has 0 radical (unpaired) electrons. The third-order valence-corrected chi connectivity index (χ3v) is 5.45. The molecule has 5 rings (SSSR count). The van der Waals surface area contributed by atoms with Crippen molar-refractivity contribution in [2.75, 3.05) is 62.4 Å². The van der Waals surface area contributed by atoms with Gasteiger partial charge in [-0.1, -0.05) is 12.1 Å². The van der Waals surface area contributed by atoms with Crippen molar-refractivity contribution in [3.05, 3.63) is 47.9 Å². The smallest absolute Gasteiger partial charge is 0.228 e. The van der Waals surface area contributed by atoms with E-state index in [0.717, 1.165) is 54.5 Å². The Balaban J connectivity index is 1.57. The zero-order chi connectivity index (χ0) is 19.6. The highest BCUT2D eigenvalue weighted by Gasteiger charge is 2.23. The van der Waals surface area contributed by atoms with Gasteiger partial charge in [0, 0.05) is 38.9 Å². The second-order valence-electron chi connectivity index (χ2n) is 7.35. The zero-order valence-electron chi connectivity index (χ0n) is 16.3. The number of rotatable bonds is 4. The zero-order valence-corrected chi connectivity index (χ0v) is 16.3. The van der Waals surface area contributed by atoms with Crippen LogP contribution in [-0.4, -0.2) is 67.1 Å². The van der Waals surface area contributed by atoms with E-state index in [1.54, 1.807) is 0 Å². The summed E-state index contributed by atoms with van der Waals surface area (Å²) in [4.78, 5) is 14.3. The molecule has 0 bridgehead atoms. The predicted octanol–water partition coefficient (Wildman–Crippen LogP) is 2.29. The minimum Gasteiger partial charge on any atom is -0.378 e. The monoisotopic (exact) mass is 397 g/mol. The van der Waals surface area contributed by atoms with Crippen LogP contribution in [0, 0.1) is 5.82 Å². The quantitative estimate of drug-likeness (QED) is 0.673. The van der Waals surface area contributed by atoms with Crippen LogP contribution in [0.5, 0.6) is 0 Å². The molecule has 0 aliphatic carbocycles. The summed E-state index contributed by atoms with van der Waals surface area (Å²) in [7, 11) is 0. The number of aromatic nitrogens is 3. The maximum Gasteiger partial charge on any atom is 0.228 e. The van der Waals surface area contributed by atoms with Crippen molar-refractivity contribution >= 4 is 22.8 Å². The predicted molar refractivity (Wildman–Crippen MR) is 109 cm³/mol. The van der Waals surface area contributed by atoms with Gasteiger partial charge in [0.05, 0.1) is 31.9 Å². The first-order chi connectivity index (χ1) is 14.3. The van der Waals surface area contributed by atoms with Gasteiger partial charge in [0.25, 0.3) is 0 Å². The average Bonchev–Trinajstić information content (AvgIpc) is 3.18. The summed E-state index contributed by atoms with van der Waals surface area (Å²) in [5.74, 6) is 1.47. The van der Waals surface area contributed by atoms with Crippen LogP contribution in [0.15, 0.2) is 36.5 Å². The number of fused-ring (bicyclic) bond motifs is 1. The number of hydrogen-bond donors (Lipinski definition) is 0. The molecule has 2 aliphatic heterocycles. The third kappa shape index (κ3) is 3.77. The molecule has 0 amide bonds. The van der Waals surface area contributed by atoms with Crippen LogP contribution >= 0.6 is 0 Å². The molecule has 0 spiro atoms. The Morgan fingerprint density at radius 1 is 0.828 bits per heavy atom. The largest absolute Gasteiger partial charge is 0.378 e. The van der Waals surface area contributed by atoms with Crippen molar-refractivity contribution in [3.8, 4) is 0 Å². The molecule has 3 aromatic rings. The number of halogens is 1. The van der Waals surface area contributed by atoms with Crippen molar-refractivity contribution in [2.24, 2.45) is 0 Å². The van der Waals surface area contributed by atoms with Crippen LogP contribution in [0.1, 0.15) is 5.56 Å². The van der Waals surface area contributed by atoms with Crippen molar-refractivity contribution < 1.29 is 13.9 Å². The van der Waals surface area contributed by atoms with E-state index in [2.05, 4.69) is 14.4 Å². The van der Waals surface area contributed by atoms with Crippen LogP contribution in [-0.2, 0) is 16.0 Å². The van der Waals surface area contributed by atoms with Crippen LogP contribution in [0.4, 0.5) is 16.2 Å². The molecular formula is C21H24FN5O2. The van der Waals surface area contributed by atoms with Crippen LogP contribution in [0.3, 0.4) is 0 Å². The van der Waals surface area contributed by atoms with Crippen molar-refractivity contribution in [2.45, 2.75) is 6.54 Å². The number of hydrogen-bond acceptors (Lipinski definition) is 6. The molecule has 1 aromatic carbocycles. The van der Waals surface area contributed by atoms with E-state index in [1.165, 1.54) is 12.1 Å². The summed E-state index contributed by atoms with van der Waals surface area (Å²) in [5.41, 5.74) is 2.97. The van der Waals surface area contributed by atoms with Gasteiger partial charge in [0.15, 0.2) is 5.82 Å². The number of nitrogens with zero attached hydrogens (tertiary/aromatic N) is 5. The number of ether oxygens (including phenoxy) is 2. The SMILES string of the molecule is Fc1ccc(Cn2ccc3nc(N4CCOCC4)nc(N4CCOCC4)c32)cc1. The lowest BCUT2D eigenvalue weighted by molar-refractivity contribution is 0.121. The minimum absolute atomic E-state index is 0.224. The topological polar surface area (TPSA) is 55.7 Å². The Morgan fingerprint density at radius 3 is 2.17 bits per heavy atom. The molecular weight excluding hydrogens is 373 g/mol. The molecule has 0 unspecified atom stereocenters. The Labute approximate surface area is 168 Å². The molecule has 0 saturated carbocycles. The van der Waals surface area contributed by atoms with E-state index >= 15 is 0 Å². The summed E-state index contributed by atoms with van der Waals surface area (Å²) >= 11 is 0. The van der Waals surface area contributed by atoms with Gasteiger partial charge in [-0.05, 0) is 23.8 Å². The second kappa shape index (κ2) is 7.96. The molecule has 2 aromatic heterocycles. The van der Waals surface area contributed by atoms with E-state index in [-0.39, 0.29) is 5.82 Å². The second-order valence-corrected chi connectivity index (χ2v) is 7.35. The van der Waals surface area contributed by atoms with Crippen molar-refractivity contribution in [1.29, 1.82) is 0 Å². The van der Waals surface area contributed by atoms with E-state index in [1.807, 2.05) is 24.4 Å². The minimum atomic E-state index is -0.224. The molecule has 0 N–H and O–H groups in total. The molecule has 2 fully saturated rings. The third-order valence-electron chi connectivity index (χ3n) is 5.45. The summed E-state index contributed by atoms with van der Waals surface area (Å²) in [6.07, 6.45) is 2.04. The highest BCUT2D eigenvalue weighted by Crippen LogP contribution is 2.29. The van der Waals surface area contributed by atoms with Gasteiger partial charge in [-0.15, -0.1) is 0 Å². The van der Waals surface area contributed by atoms with Gasteiger partial charge in [-0.2, -0.15) is 4.98 Å². The number of benzene rings is 1. The first-order valence-electron chi connectivity index (χ1n) is 10.0. The summed E-state index contributed by atoms with van der Waals surface area (Å²) in [5, 5.41) is 0. The van der Waals surface area contributed by atoms with Crippen LogP contribution < -0.4 is 9.80 Å². The van der Waals surface area contributed by atoms with E-state index in [0.29, 0.717) is 33.0 Å². The fraction of sp³-hybridized carbons (Fsp3) is 0.429. The lowest BCUT2D eigenvalue weighted by atomic mass is 10.2. The highest BCUT2D eigenvalue weighted by atomic mass is 19.1. The summed E-state index contributed by atoms with van der Waals surface area (Å²) < 4.78 is 26.5. The van der Waals surface area contributed by atoms with Gasteiger partial charge in [-0.25, -0.2) is 9.37 Å². The maximum atomic E-state index is 13.3. The molecule has 4 heterocycles. The molecule has 0 atom stereocenters. The number of anilines is 2. The van der Waals surface area contributed by atoms with E-state index in [9.17, 15) is 4.39 Å². The fourth-order valence-corrected chi connectivity index (χ4v) is 3.89. The summed E-state index contributed by atoms with van der Waals surface area (Å²) in [6.45, 7) is 6.61. The van der Waals surface area contributed by atoms with Gasteiger partial charge in [0.1, 0.15) is 11.3 Å². The van der Waals surface area contributed by atoms with E-state index < -0.39 is 0 Å². The Hall–Kier alpha value is -2.71. The molecule has 152 valence electrons. The summed E-state index contributed by atoms with van der Waals surface area (Å²) in [6, 6.07) is 8.67. The molecule has 2 aliphatic rings. The lowest BCUT2D eigenvalue weighted by Gasteiger charge is -2.31. The fourth-order valence-electron chi connectivity index (χ4n) is 3.89. The normalized spacial score (nSPS) is 17.8. The first-order valence-corrected chi connectivity index (χ1v) is 10.0. The lowest BCUT2D eigenvalue weighted by Crippen LogP contribution is -2.39. The molecule has 29 heavy (non-hydrogen) atoms. The maximum absolute atomic E-state index is 13.3. The van der Waals surface area contributed by atoms with Crippen molar-refractivity contribution in [3.63, 3.8) is 0 Å².